The van der Waals surface area contributed by atoms with Crippen LogP contribution in [0.3, 0.4) is 0 Å². The lowest BCUT2D eigenvalue weighted by molar-refractivity contribution is 0.0668. The molecule has 3 rings (SSSR count). The molecule has 140 valence electrons. The zero-order valence-electron chi connectivity index (χ0n) is 15.2. The van der Waals surface area contributed by atoms with Crippen LogP contribution in [0.1, 0.15) is 30.1 Å². The van der Waals surface area contributed by atoms with Gasteiger partial charge in [-0.05, 0) is 44.4 Å². The van der Waals surface area contributed by atoms with Crippen molar-refractivity contribution in [3.63, 3.8) is 0 Å². The van der Waals surface area contributed by atoms with Crippen molar-refractivity contribution in [2.75, 3.05) is 6.26 Å². The molecule has 0 aliphatic carbocycles. The Morgan fingerprint density at radius 2 is 2.00 bits per heavy atom. The normalized spacial score (nSPS) is 11.0. The van der Waals surface area contributed by atoms with Crippen molar-refractivity contribution < 1.29 is 9.21 Å². The number of hydrogen-bond donors (Lipinski definition) is 0. The van der Waals surface area contributed by atoms with Gasteiger partial charge in [-0.3, -0.25) is 4.79 Å². The van der Waals surface area contributed by atoms with Crippen LogP contribution < -0.4 is 0 Å². The quantitative estimate of drug-likeness (QED) is 0.563. The minimum atomic E-state index is -0.125. The maximum Gasteiger partial charge on any atom is 0.257 e. The lowest BCUT2D eigenvalue weighted by atomic mass is 10.2. The summed E-state index contributed by atoms with van der Waals surface area (Å²) in [5.41, 5.74) is 1.22. The molecule has 2 heterocycles. The van der Waals surface area contributed by atoms with E-state index in [0.29, 0.717) is 33.0 Å². The zero-order chi connectivity index (χ0) is 19.4. The molecule has 0 bridgehead atoms. The standard InChI is InChI=1S/C19H19ClN4O2S/c1-12(2)24(19(25)14-8-6-10-21-18(14)27-3)11-16-22-23-17(26-16)13-7-4-5-9-15(13)20/h4-10,12H,11H2,1-3H3. The van der Waals surface area contributed by atoms with Crippen LogP contribution >= 0.6 is 23.4 Å². The van der Waals surface area contributed by atoms with Crippen molar-refractivity contribution in [1.29, 1.82) is 0 Å². The molecule has 0 atom stereocenters. The molecule has 0 aliphatic heterocycles. The molecule has 2 aromatic heterocycles. The third-order valence-corrected chi connectivity index (χ3v) is 5.00. The summed E-state index contributed by atoms with van der Waals surface area (Å²) >= 11 is 7.62. The fourth-order valence-corrected chi connectivity index (χ4v) is 3.32. The summed E-state index contributed by atoms with van der Waals surface area (Å²) in [5.74, 6) is 0.555. The molecule has 6 nitrogen and oxygen atoms in total. The van der Waals surface area contributed by atoms with Gasteiger partial charge >= 0.3 is 0 Å². The summed E-state index contributed by atoms with van der Waals surface area (Å²) in [6.45, 7) is 4.09. The second kappa shape index (κ2) is 8.54. The van der Waals surface area contributed by atoms with Gasteiger partial charge in [0.1, 0.15) is 5.03 Å². The van der Waals surface area contributed by atoms with E-state index in [4.69, 9.17) is 16.0 Å². The van der Waals surface area contributed by atoms with Crippen molar-refractivity contribution in [1.82, 2.24) is 20.1 Å². The highest BCUT2D eigenvalue weighted by Crippen LogP contribution is 2.27. The Hall–Kier alpha value is -2.38. The van der Waals surface area contributed by atoms with Gasteiger partial charge < -0.3 is 9.32 Å². The number of benzene rings is 1. The van der Waals surface area contributed by atoms with E-state index >= 15 is 0 Å². The minimum absolute atomic E-state index is 0.0527. The lowest BCUT2D eigenvalue weighted by Crippen LogP contribution is -2.36. The highest BCUT2D eigenvalue weighted by Gasteiger charge is 2.24. The Bertz CT molecular complexity index is 945. The van der Waals surface area contributed by atoms with Crippen molar-refractivity contribution in [3.05, 3.63) is 59.1 Å². The van der Waals surface area contributed by atoms with Crippen LogP contribution in [0.15, 0.2) is 52.0 Å². The Morgan fingerprint density at radius 1 is 1.22 bits per heavy atom. The third-order valence-electron chi connectivity index (χ3n) is 3.96. The van der Waals surface area contributed by atoms with Crippen LogP contribution in [-0.4, -0.2) is 38.3 Å². The fourth-order valence-electron chi connectivity index (χ4n) is 2.57. The molecule has 8 heteroatoms. The number of pyridine rings is 1. The van der Waals surface area contributed by atoms with Crippen molar-refractivity contribution in [3.8, 4) is 11.5 Å². The van der Waals surface area contributed by atoms with E-state index < -0.39 is 0 Å². The topological polar surface area (TPSA) is 72.1 Å². The second-order valence-electron chi connectivity index (χ2n) is 6.07. The predicted octanol–water partition coefficient (Wildman–Crippen LogP) is 4.56. The van der Waals surface area contributed by atoms with E-state index in [1.165, 1.54) is 11.8 Å². The lowest BCUT2D eigenvalue weighted by Gasteiger charge is -2.25. The smallest absolute Gasteiger partial charge is 0.257 e. The Kier molecular flexibility index (Phi) is 6.13. The first-order valence-electron chi connectivity index (χ1n) is 8.38. The molecule has 1 aromatic carbocycles. The minimum Gasteiger partial charge on any atom is -0.419 e. The molecular formula is C19H19ClN4O2S. The second-order valence-corrected chi connectivity index (χ2v) is 7.27. The molecule has 0 aliphatic rings. The Morgan fingerprint density at radius 3 is 2.70 bits per heavy atom. The summed E-state index contributed by atoms with van der Waals surface area (Å²) in [6.07, 6.45) is 3.57. The van der Waals surface area contributed by atoms with E-state index in [2.05, 4.69) is 15.2 Å². The number of halogens is 1. The van der Waals surface area contributed by atoms with Gasteiger partial charge in [-0.1, -0.05) is 23.7 Å². The van der Waals surface area contributed by atoms with Crippen LogP contribution in [0.2, 0.25) is 5.02 Å². The van der Waals surface area contributed by atoms with Gasteiger partial charge in [-0.2, -0.15) is 0 Å². The first kappa shape index (κ1) is 19.4. The van der Waals surface area contributed by atoms with E-state index in [0.717, 1.165) is 0 Å². The molecule has 0 spiro atoms. The van der Waals surface area contributed by atoms with E-state index in [1.54, 1.807) is 29.3 Å². The van der Waals surface area contributed by atoms with Crippen LogP contribution in [-0.2, 0) is 6.54 Å². The number of nitrogens with zero attached hydrogens (tertiary/aromatic N) is 4. The van der Waals surface area contributed by atoms with Gasteiger partial charge in [-0.15, -0.1) is 22.0 Å². The first-order chi connectivity index (χ1) is 13.0. The maximum absolute atomic E-state index is 13.1. The summed E-state index contributed by atoms with van der Waals surface area (Å²) in [4.78, 5) is 19.0. The number of aromatic nitrogens is 3. The Labute approximate surface area is 167 Å². The first-order valence-corrected chi connectivity index (χ1v) is 9.98. The summed E-state index contributed by atoms with van der Waals surface area (Å²) in [6, 6.07) is 10.7. The van der Waals surface area contributed by atoms with Crippen LogP contribution in [0.25, 0.3) is 11.5 Å². The van der Waals surface area contributed by atoms with Gasteiger partial charge in [-0.25, -0.2) is 4.98 Å². The predicted molar refractivity (Wildman–Crippen MR) is 106 cm³/mol. The number of amides is 1. The van der Waals surface area contributed by atoms with E-state index in [9.17, 15) is 4.79 Å². The molecule has 0 fully saturated rings. The summed E-state index contributed by atoms with van der Waals surface area (Å²) < 4.78 is 5.75. The van der Waals surface area contributed by atoms with Crippen molar-refractivity contribution in [2.45, 2.75) is 31.5 Å². The SMILES string of the molecule is CSc1ncccc1C(=O)N(Cc1nnc(-c2ccccc2Cl)o1)C(C)C. The average Bonchev–Trinajstić information content (AvgIpc) is 3.14. The van der Waals surface area contributed by atoms with Gasteiger partial charge in [0.25, 0.3) is 5.91 Å². The molecule has 0 unspecified atom stereocenters. The average molecular weight is 403 g/mol. The zero-order valence-corrected chi connectivity index (χ0v) is 16.8. The fraction of sp³-hybridized carbons (Fsp3) is 0.263. The van der Waals surface area contributed by atoms with E-state index in [1.807, 2.05) is 38.3 Å². The third kappa shape index (κ3) is 4.31. The van der Waals surface area contributed by atoms with Crippen LogP contribution in [0.5, 0.6) is 0 Å². The number of carbonyl (C=O) groups is 1. The largest absolute Gasteiger partial charge is 0.419 e. The summed E-state index contributed by atoms with van der Waals surface area (Å²) in [7, 11) is 0. The summed E-state index contributed by atoms with van der Waals surface area (Å²) in [5, 5.41) is 9.38. The molecule has 27 heavy (non-hydrogen) atoms. The van der Waals surface area contributed by atoms with Gasteiger partial charge in [0.05, 0.1) is 22.7 Å². The molecular weight excluding hydrogens is 384 g/mol. The van der Waals surface area contributed by atoms with Gasteiger partial charge in [0, 0.05) is 12.2 Å². The molecule has 3 aromatic rings. The van der Waals surface area contributed by atoms with Crippen LogP contribution in [0.4, 0.5) is 0 Å². The van der Waals surface area contributed by atoms with Crippen molar-refractivity contribution in [2.24, 2.45) is 0 Å². The van der Waals surface area contributed by atoms with Crippen molar-refractivity contribution >= 4 is 29.3 Å². The molecule has 0 radical (unpaired) electrons. The highest BCUT2D eigenvalue weighted by molar-refractivity contribution is 7.98. The molecule has 1 amide bonds. The monoisotopic (exact) mass is 402 g/mol. The van der Waals surface area contributed by atoms with Gasteiger partial charge in [0.15, 0.2) is 0 Å². The van der Waals surface area contributed by atoms with E-state index in [-0.39, 0.29) is 18.5 Å². The number of hydrogen-bond acceptors (Lipinski definition) is 6. The number of rotatable bonds is 6. The molecule has 0 N–H and O–H groups in total. The maximum atomic E-state index is 13.1. The van der Waals surface area contributed by atoms with Crippen LogP contribution in [0, 0.1) is 0 Å². The van der Waals surface area contributed by atoms with Gasteiger partial charge in [0.2, 0.25) is 11.8 Å². The Balaban J connectivity index is 1.86. The molecule has 0 saturated heterocycles. The number of thioether (sulfide) groups is 1. The highest BCUT2D eigenvalue weighted by atomic mass is 35.5. The molecule has 0 saturated carbocycles. The number of carbonyl (C=O) groups excluding carboxylic acids is 1.